The van der Waals surface area contributed by atoms with E-state index in [0.29, 0.717) is 11.1 Å². The lowest BCUT2D eigenvalue weighted by atomic mass is 10.1. The second-order valence-electron chi connectivity index (χ2n) is 4.96. The molecule has 0 radical (unpaired) electrons. The molecule has 1 aromatic carbocycles. The maximum absolute atomic E-state index is 14.3. The van der Waals surface area contributed by atoms with Gasteiger partial charge in [0.1, 0.15) is 5.82 Å². The Morgan fingerprint density at radius 3 is 3.14 bits per heavy atom. The molecule has 3 heterocycles. The lowest BCUT2D eigenvalue weighted by Gasteiger charge is -2.17. The van der Waals surface area contributed by atoms with E-state index >= 15 is 0 Å². The van der Waals surface area contributed by atoms with Gasteiger partial charge in [-0.15, -0.1) is 11.3 Å². The van der Waals surface area contributed by atoms with Crippen LogP contribution in [0, 0.1) is 5.82 Å². The zero-order valence-electron chi connectivity index (χ0n) is 11.2. The van der Waals surface area contributed by atoms with E-state index in [1.165, 1.54) is 11.3 Å². The van der Waals surface area contributed by atoms with Crippen LogP contribution in [-0.4, -0.2) is 34.9 Å². The molecule has 3 nitrogen and oxygen atoms in total. The van der Waals surface area contributed by atoms with Crippen molar-refractivity contribution in [3.05, 3.63) is 39.9 Å². The third-order valence-corrected chi connectivity index (χ3v) is 5.78. The number of nitrogens with zero attached hydrogens (tertiary/aromatic N) is 2. The Morgan fingerprint density at radius 2 is 2.29 bits per heavy atom. The fourth-order valence-electron chi connectivity index (χ4n) is 2.79. The summed E-state index contributed by atoms with van der Waals surface area (Å²) in [4.78, 5) is 7.69. The number of benzene rings is 1. The molecule has 108 valence electrons. The molecule has 1 aromatic heterocycles. The smallest absolute Gasteiger partial charge is 0.168 e. The maximum Gasteiger partial charge on any atom is 0.168 e. The molecule has 2 aromatic rings. The monoisotopic (exact) mass is 320 g/mol. The Hall–Kier alpha value is -1.37. The SMILES string of the molecule is OCCC1=C(c2cc(F)c3sccc3c2)N2CCN=C2S1. The van der Waals surface area contributed by atoms with Crippen molar-refractivity contribution in [2.75, 3.05) is 19.7 Å². The van der Waals surface area contributed by atoms with Gasteiger partial charge in [-0.3, -0.25) is 4.99 Å². The van der Waals surface area contributed by atoms with Crippen molar-refractivity contribution in [3.8, 4) is 0 Å². The van der Waals surface area contributed by atoms with E-state index in [0.717, 1.165) is 39.8 Å². The summed E-state index contributed by atoms with van der Waals surface area (Å²) in [6, 6.07) is 5.58. The zero-order chi connectivity index (χ0) is 14.4. The van der Waals surface area contributed by atoms with E-state index < -0.39 is 0 Å². The fraction of sp³-hybridized carbons (Fsp3) is 0.267. The number of hydrogen-bond donors (Lipinski definition) is 1. The highest BCUT2D eigenvalue weighted by Gasteiger charge is 2.32. The molecule has 21 heavy (non-hydrogen) atoms. The number of aliphatic imine (C=N–C) groups is 1. The van der Waals surface area contributed by atoms with Gasteiger partial charge in [0, 0.05) is 30.0 Å². The first-order valence-electron chi connectivity index (χ1n) is 6.79. The van der Waals surface area contributed by atoms with Crippen molar-refractivity contribution >= 4 is 44.0 Å². The molecule has 0 atom stereocenters. The topological polar surface area (TPSA) is 35.8 Å². The van der Waals surface area contributed by atoms with Gasteiger partial charge in [-0.05, 0) is 29.0 Å². The number of halogens is 1. The fourth-order valence-corrected chi connectivity index (χ4v) is 4.77. The number of aliphatic hydroxyl groups excluding tert-OH is 1. The van der Waals surface area contributed by atoms with Gasteiger partial charge in [0.05, 0.1) is 16.9 Å². The van der Waals surface area contributed by atoms with Crippen LogP contribution in [-0.2, 0) is 0 Å². The maximum atomic E-state index is 14.3. The summed E-state index contributed by atoms with van der Waals surface area (Å²) in [6.45, 7) is 1.70. The lowest BCUT2D eigenvalue weighted by molar-refractivity contribution is 0.301. The molecule has 2 aliphatic heterocycles. The Kier molecular flexibility index (Phi) is 3.24. The molecule has 4 rings (SSSR count). The van der Waals surface area contributed by atoms with Crippen LogP contribution in [0.15, 0.2) is 33.5 Å². The minimum atomic E-state index is -0.178. The van der Waals surface area contributed by atoms with E-state index in [9.17, 15) is 9.50 Å². The number of aliphatic hydroxyl groups is 1. The van der Waals surface area contributed by atoms with Crippen LogP contribution in [0.2, 0.25) is 0 Å². The Labute approximate surface area is 129 Å². The first kappa shape index (κ1) is 13.3. The van der Waals surface area contributed by atoms with Crippen molar-refractivity contribution in [2.45, 2.75) is 6.42 Å². The summed E-state index contributed by atoms with van der Waals surface area (Å²) in [5, 5.41) is 13.1. The van der Waals surface area contributed by atoms with E-state index in [1.807, 2.05) is 17.5 Å². The third kappa shape index (κ3) is 2.09. The molecule has 0 saturated carbocycles. The van der Waals surface area contributed by atoms with Gasteiger partial charge in [0.15, 0.2) is 5.17 Å². The lowest BCUT2D eigenvalue weighted by Crippen LogP contribution is -2.20. The number of hydrogen-bond acceptors (Lipinski definition) is 5. The van der Waals surface area contributed by atoms with Crippen molar-refractivity contribution < 1.29 is 9.50 Å². The van der Waals surface area contributed by atoms with Crippen LogP contribution >= 0.6 is 23.1 Å². The predicted octanol–water partition coefficient (Wildman–Crippen LogP) is 3.51. The normalized spacial score (nSPS) is 17.8. The molecular weight excluding hydrogens is 307 g/mol. The standard InChI is InChI=1S/C15H13FN2OS2/c16-11-8-10(7-9-2-6-20-14(9)11)13-12(1-5-19)21-15-17-3-4-18(13)15/h2,6-8,19H,1,3-5H2. The summed E-state index contributed by atoms with van der Waals surface area (Å²) in [6.07, 6.45) is 0.582. The summed E-state index contributed by atoms with van der Waals surface area (Å²) in [5.74, 6) is -0.178. The Morgan fingerprint density at radius 1 is 1.38 bits per heavy atom. The second kappa shape index (κ2) is 5.12. The third-order valence-electron chi connectivity index (χ3n) is 3.67. The summed E-state index contributed by atoms with van der Waals surface area (Å²) in [5.41, 5.74) is 1.89. The van der Waals surface area contributed by atoms with Crippen LogP contribution < -0.4 is 0 Å². The molecule has 0 bridgehead atoms. The molecule has 2 aliphatic rings. The molecule has 6 heteroatoms. The van der Waals surface area contributed by atoms with Crippen molar-refractivity contribution in [2.24, 2.45) is 4.99 Å². The predicted molar refractivity (Wildman–Crippen MR) is 87.0 cm³/mol. The van der Waals surface area contributed by atoms with Crippen LogP contribution in [0.1, 0.15) is 12.0 Å². The molecule has 0 fully saturated rings. The van der Waals surface area contributed by atoms with Gasteiger partial charge in [-0.2, -0.15) is 0 Å². The summed E-state index contributed by atoms with van der Waals surface area (Å²) < 4.78 is 15.0. The minimum Gasteiger partial charge on any atom is -0.396 e. The second-order valence-corrected chi connectivity index (χ2v) is 6.94. The van der Waals surface area contributed by atoms with E-state index in [-0.39, 0.29) is 12.4 Å². The van der Waals surface area contributed by atoms with Gasteiger partial charge in [0.2, 0.25) is 0 Å². The van der Waals surface area contributed by atoms with Gasteiger partial charge in [0.25, 0.3) is 0 Å². The Balaban J connectivity index is 1.87. The highest BCUT2D eigenvalue weighted by Crippen LogP contribution is 2.44. The molecule has 0 spiro atoms. The average Bonchev–Trinajstić information content (AvgIpc) is 3.13. The number of fused-ring (bicyclic) bond motifs is 2. The Bertz CT molecular complexity index is 781. The first-order chi connectivity index (χ1) is 10.3. The van der Waals surface area contributed by atoms with Crippen LogP contribution in [0.5, 0.6) is 0 Å². The van der Waals surface area contributed by atoms with E-state index in [1.54, 1.807) is 17.8 Å². The van der Waals surface area contributed by atoms with Crippen LogP contribution in [0.4, 0.5) is 4.39 Å². The molecule has 0 saturated heterocycles. The van der Waals surface area contributed by atoms with Gasteiger partial charge >= 0.3 is 0 Å². The van der Waals surface area contributed by atoms with Gasteiger partial charge in [-0.1, -0.05) is 11.8 Å². The minimum absolute atomic E-state index is 0.0934. The quantitative estimate of drug-likeness (QED) is 0.940. The molecule has 0 unspecified atom stereocenters. The molecule has 0 amide bonds. The summed E-state index contributed by atoms with van der Waals surface area (Å²) in [7, 11) is 0. The number of rotatable bonds is 3. The first-order valence-corrected chi connectivity index (χ1v) is 8.48. The van der Waals surface area contributed by atoms with Crippen molar-refractivity contribution in [1.82, 2.24) is 4.90 Å². The van der Waals surface area contributed by atoms with Crippen LogP contribution in [0.3, 0.4) is 0 Å². The van der Waals surface area contributed by atoms with E-state index in [2.05, 4.69) is 9.89 Å². The largest absolute Gasteiger partial charge is 0.396 e. The van der Waals surface area contributed by atoms with E-state index in [4.69, 9.17) is 0 Å². The van der Waals surface area contributed by atoms with Crippen molar-refractivity contribution in [3.63, 3.8) is 0 Å². The number of amidine groups is 1. The van der Waals surface area contributed by atoms with Crippen molar-refractivity contribution in [1.29, 1.82) is 0 Å². The average molecular weight is 320 g/mol. The van der Waals surface area contributed by atoms with Crippen LogP contribution in [0.25, 0.3) is 15.8 Å². The number of thioether (sulfide) groups is 1. The zero-order valence-corrected chi connectivity index (χ0v) is 12.8. The van der Waals surface area contributed by atoms with Gasteiger partial charge in [-0.25, -0.2) is 4.39 Å². The number of thiophene rings is 1. The highest BCUT2D eigenvalue weighted by molar-refractivity contribution is 8.17. The molecule has 1 N–H and O–H groups in total. The highest BCUT2D eigenvalue weighted by atomic mass is 32.2. The van der Waals surface area contributed by atoms with Gasteiger partial charge < -0.3 is 10.0 Å². The summed E-state index contributed by atoms with van der Waals surface area (Å²) >= 11 is 3.02. The molecule has 0 aliphatic carbocycles. The molecular formula is C15H13FN2OS2.